The predicted molar refractivity (Wildman–Crippen MR) is 85.5 cm³/mol. The zero-order valence-corrected chi connectivity index (χ0v) is 13.5. The van der Waals surface area contributed by atoms with E-state index >= 15 is 0 Å². The summed E-state index contributed by atoms with van der Waals surface area (Å²) in [6.45, 7) is 2.83. The lowest BCUT2D eigenvalue weighted by molar-refractivity contribution is -0.122. The van der Waals surface area contributed by atoms with Crippen molar-refractivity contribution in [1.82, 2.24) is 9.88 Å². The normalized spacial score (nSPS) is 17.6. The van der Waals surface area contributed by atoms with Crippen LogP contribution < -0.4 is 15.9 Å². The number of carbonyl (C=O) groups excluding carboxylic acids is 1. The van der Waals surface area contributed by atoms with Gasteiger partial charge in [-0.05, 0) is 25.7 Å². The molecule has 2 rings (SSSR count). The van der Waals surface area contributed by atoms with Crippen LogP contribution in [0.5, 0.6) is 0 Å². The van der Waals surface area contributed by atoms with Crippen LogP contribution in [-0.4, -0.2) is 23.1 Å². The van der Waals surface area contributed by atoms with Crippen LogP contribution in [0.3, 0.4) is 0 Å². The lowest BCUT2D eigenvalue weighted by Gasteiger charge is -2.30. The Bertz CT molecular complexity index is 517. The minimum absolute atomic E-state index is 0.00274. The molecule has 0 spiro atoms. The Morgan fingerprint density at radius 2 is 2.19 bits per heavy atom. The average molecular weight is 311 g/mol. The summed E-state index contributed by atoms with van der Waals surface area (Å²) in [6, 6.07) is 0.0816. The molecule has 1 heterocycles. The minimum Gasteiger partial charge on any atom is -0.352 e. The van der Waals surface area contributed by atoms with Gasteiger partial charge in [0.25, 0.3) is 0 Å². The molecule has 1 fully saturated rings. The van der Waals surface area contributed by atoms with Crippen molar-refractivity contribution in [2.45, 2.75) is 58.0 Å². The molecule has 1 aromatic heterocycles. The fraction of sp³-hybridized carbons (Fsp3) is 0.733. The Kier molecular flexibility index (Phi) is 5.99. The van der Waals surface area contributed by atoms with Crippen LogP contribution in [0, 0.1) is 12.8 Å². The van der Waals surface area contributed by atoms with Gasteiger partial charge in [0, 0.05) is 36.6 Å². The smallest absolute Gasteiger partial charge is 0.307 e. The van der Waals surface area contributed by atoms with Crippen molar-refractivity contribution in [3.8, 4) is 0 Å². The molecule has 0 aromatic carbocycles. The van der Waals surface area contributed by atoms with E-state index in [1.807, 2.05) is 12.3 Å². The van der Waals surface area contributed by atoms with E-state index in [0.717, 1.165) is 18.5 Å². The number of thiazole rings is 1. The summed E-state index contributed by atoms with van der Waals surface area (Å²) in [5.74, 6) is 0.506. The standard InChI is InChI=1S/C15H25N3O2S/c1-11-10-21-15(20)18(11)8-7-14(19)17-13(9-16)12-5-3-2-4-6-12/h10,12-13H,2-9,16H2,1H3,(H,17,19). The van der Waals surface area contributed by atoms with E-state index in [9.17, 15) is 9.59 Å². The SMILES string of the molecule is Cc1csc(=O)n1CCC(=O)NC(CN)C1CCCCC1. The van der Waals surface area contributed by atoms with Crippen LogP contribution in [0.15, 0.2) is 10.2 Å². The van der Waals surface area contributed by atoms with E-state index < -0.39 is 0 Å². The Hall–Kier alpha value is -1.14. The van der Waals surface area contributed by atoms with E-state index in [-0.39, 0.29) is 16.8 Å². The first-order chi connectivity index (χ1) is 10.1. The van der Waals surface area contributed by atoms with E-state index in [4.69, 9.17) is 5.73 Å². The van der Waals surface area contributed by atoms with Crippen LogP contribution in [0.4, 0.5) is 0 Å². The van der Waals surface area contributed by atoms with Crippen molar-refractivity contribution in [2.24, 2.45) is 11.7 Å². The Labute approximate surface area is 129 Å². The largest absolute Gasteiger partial charge is 0.352 e. The number of aryl methyl sites for hydroxylation is 1. The highest BCUT2D eigenvalue weighted by atomic mass is 32.1. The third kappa shape index (κ3) is 4.41. The molecule has 1 amide bonds. The van der Waals surface area contributed by atoms with Gasteiger partial charge in [-0.1, -0.05) is 30.6 Å². The van der Waals surface area contributed by atoms with Crippen LogP contribution in [0.25, 0.3) is 0 Å². The number of nitrogens with zero attached hydrogens (tertiary/aromatic N) is 1. The van der Waals surface area contributed by atoms with Crippen molar-refractivity contribution in [1.29, 1.82) is 0 Å². The molecular formula is C15H25N3O2S. The van der Waals surface area contributed by atoms with Crippen molar-refractivity contribution >= 4 is 17.2 Å². The summed E-state index contributed by atoms with van der Waals surface area (Å²) in [5, 5.41) is 4.89. The third-order valence-corrected chi connectivity index (χ3v) is 5.24. The van der Waals surface area contributed by atoms with E-state index in [1.165, 1.54) is 30.6 Å². The first-order valence-corrected chi connectivity index (χ1v) is 8.64. The van der Waals surface area contributed by atoms with Gasteiger partial charge in [-0.15, -0.1) is 0 Å². The van der Waals surface area contributed by atoms with Crippen LogP contribution in [0.1, 0.15) is 44.2 Å². The average Bonchev–Trinajstić information content (AvgIpc) is 2.82. The van der Waals surface area contributed by atoms with Gasteiger partial charge < -0.3 is 15.6 Å². The van der Waals surface area contributed by atoms with Crippen LogP contribution >= 0.6 is 11.3 Å². The quantitative estimate of drug-likeness (QED) is 0.838. The number of hydrogen-bond acceptors (Lipinski definition) is 4. The lowest BCUT2D eigenvalue weighted by Crippen LogP contribution is -2.46. The van der Waals surface area contributed by atoms with Gasteiger partial charge in [-0.2, -0.15) is 0 Å². The molecule has 6 heteroatoms. The second-order valence-electron chi connectivity index (χ2n) is 5.85. The molecule has 1 unspecified atom stereocenters. The van der Waals surface area contributed by atoms with E-state index in [2.05, 4.69) is 5.32 Å². The molecule has 1 aliphatic rings. The molecule has 1 aromatic rings. The number of rotatable bonds is 6. The molecule has 21 heavy (non-hydrogen) atoms. The Morgan fingerprint density at radius 3 is 2.76 bits per heavy atom. The zero-order valence-electron chi connectivity index (χ0n) is 12.6. The van der Waals surface area contributed by atoms with Gasteiger partial charge in [0.05, 0.1) is 0 Å². The summed E-state index contributed by atoms with van der Waals surface area (Å²) >= 11 is 1.18. The highest BCUT2D eigenvalue weighted by Crippen LogP contribution is 2.26. The molecule has 1 saturated carbocycles. The van der Waals surface area contributed by atoms with Crippen molar-refractivity contribution in [3.05, 3.63) is 20.7 Å². The first kappa shape index (κ1) is 16.2. The maximum atomic E-state index is 12.1. The number of nitrogens with one attached hydrogen (secondary N) is 1. The molecule has 1 aliphatic carbocycles. The highest BCUT2D eigenvalue weighted by molar-refractivity contribution is 7.07. The summed E-state index contributed by atoms with van der Waals surface area (Å²) < 4.78 is 1.66. The van der Waals surface area contributed by atoms with E-state index in [0.29, 0.717) is 25.4 Å². The van der Waals surface area contributed by atoms with Crippen LogP contribution in [-0.2, 0) is 11.3 Å². The second-order valence-corrected chi connectivity index (χ2v) is 6.67. The summed E-state index contributed by atoms with van der Waals surface area (Å²) in [4.78, 5) is 23.7. The predicted octanol–water partition coefficient (Wildman–Crippen LogP) is 1.63. The number of aromatic nitrogens is 1. The molecule has 118 valence electrons. The Balaban J connectivity index is 1.84. The summed E-state index contributed by atoms with van der Waals surface area (Å²) in [5.41, 5.74) is 6.74. The van der Waals surface area contributed by atoms with Crippen molar-refractivity contribution in [3.63, 3.8) is 0 Å². The summed E-state index contributed by atoms with van der Waals surface area (Å²) in [7, 11) is 0. The van der Waals surface area contributed by atoms with Crippen molar-refractivity contribution < 1.29 is 4.79 Å². The monoisotopic (exact) mass is 311 g/mol. The molecule has 3 N–H and O–H groups in total. The molecule has 1 atom stereocenters. The van der Waals surface area contributed by atoms with Crippen molar-refractivity contribution in [2.75, 3.05) is 6.54 Å². The third-order valence-electron chi connectivity index (χ3n) is 4.36. The van der Waals surface area contributed by atoms with Gasteiger partial charge >= 0.3 is 4.87 Å². The number of nitrogens with two attached hydrogens (primary N) is 1. The number of carbonyl (C=O) groups is 1. The fourth-order valence-electron chi connectivity index (χ4n) is 3.07. The van der Waals surface area contributed by atoms with Gasteiger partial charge in [0.1, 0.15) is 0 Å². The fourth-order valence-corrected chi connectivity index (χ4v) is 3.83. The highest BCUT2D eigenvalue weighted by Gasteiger charge is 2.23. The molecule has 0 aliphatic heterocycles. The summed E-state index contributed by atoms with van der Waals surface area (Å²) in [6.07, 6.45) is 6.42. The molecular weight excluding hydrogens is 286 g/mol. The number of amides is 1. The van der Waals surface area contributed by atoms with Gasteiger partial charge in [0.15, 0.2) is 0 Å². The second kappa shape index (κ2) is 7.75. The van der Waals surface area contributed by atoms with Gasteiger partial charge in [-0.25, -0.2) is 0 Å². The maximum Gasteiger partial charge on any atom is 0.307 e. The molecule has 0 radical (unpaired) electrons. The van der Waals surface area contributed by atoms with Gasteiger partial charge in [0.2, 0.25) is 5.91 Å². The minimum atomic E-state index is -0.00600. The first-order valence-electron chi connectivity index (χ1n) is 7.76. The van der Waals surface area contributed by atoms with Gasteiger partial charge in [-0.3, -0.25) is 9.59 Å². The zero-order chi connectivity index (χ0) is 15.2. The molecule has 5 nitrogen and oxygen atoms in total. The lowest BCUT2D eigenvalue weighted by atomic mass is 9.84. The topological polar surface area (TPSA) is 77.1 Å². The molecule has 0 saturated heterocycles. The Morgan fingerprint density at radius 1 is 1.48 bits per heavy atom. The molecule has 0 bridgehead atoms. The van der Waals surface area contributed by atoms with Crippen LogP contribution in [0.2, 0.25) is 0 Å². The number of hydrogen-bond donors (Lipinski definition) is 2. The van der Waals surface area contributed by atoms with E-state index in [1.54, 1.807) is 4.57 Å². The maximum absolute atomic E-state index is 12.1.